The molecule has 2 fully saturated rings. The highest BCUT2D eigenvalue weighted by molar-refractivity contribution is 6.43. The van der Waals surface area contributed by atoms with Crippen molar-refractivity contribution in [2.45, 2.75) is 63.9 Å². The molecule has 2 saturated heterocycles. The van der Waals surface area contributed by atoms with Gasteiger partial charge in [-0.15, -0.1) is 0 Å². The van der Waals surface area contributed by atoms with Crippen LogP contribution in [0.15, 0.2) is 12.1 Å². The van der Waals surface area contributed by atoms with Crippen LogP contribution in [0.4, 0.5) is 0 Å². The van der Waals surface area contributed by atoms with E-state index in [1.807, 2.05) is 6.92 Å². The zero-order chi connectivity index (χ0) is 22.5. The number of aromatic nitrogens is 1. The molecule has 0 N–H and O–H groups in total. The summed E-state index contributed by atoms with van der Waals surface area (Å²) in [4.78, 5) is 23.6. The first kappa shape index (κ1) is 22.8. The topological polar surface area (TPSA) is 76.0 Å². The Morgan fingerprint density at radius 2 is 1.87 bits per heavy atom. The van der Waals surface area contributed by atoms with Crippen molar-refractivity contribution in [1.82, 2.24) is 4.57 Å². The molecule has 10 heteroatoms. The van der Waals surface area contributed by atoms with Crippen LogP contribution in [0, 0.1) is 0 Å². The third kappa shape index (κ3) is 4.08. The van der Waals surface area contributed by atoms with Crippen LogP contribution in [-0.2, 0) is 23.7 Å². The highest BCUT2D eigenvalue weighted by Gasteiger charge is 2.56. The Labute approximate surface area is 194 Å². The lowest BCUT2D eigenvalue weighted by Gasteiger charge is -2.25. The van der Waals surface area contributed by atoms with Gasteiger partial charge in [-0.2, -0.15) is 0 Å². The van der Waals surface area contributed by atoms with E-state index in [0.717, 1.165) is 0 Å². The molecule has 2 aliphatic rings. The number of carbonyl (C=O) groups excluding carboxylic acids is 2. The van der Waals surface area contributed by atoms with E-state index in [1.54, 1.807) is 30.5 Å². The molecular formula is C21H22Cl3NO6. The molecule has 0 radical (unpaired) electrons. The van der Waals surface area contributed by atoms with E-state index in [2.05, 4.69) is 0 Å². The number of aldehydes is 1. The third-order valence-electron chi connectivity index (χ3n) is 5.38. The van der Waals surface area contributed by atoms with E-state index < -0.39 is 30.3 Å². The van der Waals surface area contributed by atoms with E-state index in [-0.39, 0.29) is 23.3 Å². The number of hydrogen-bond acceptors (Lipinski definition) is 6. The molecule has 0 aliphatic carbocycles. The number of rotatable bonds is 6. The predicted molar refractivity (Wildman–Crippen MR) is 116 cm³/mol. The number of nitrogens with zero attached hydrogens (tertiary/aromatic N) is 1. The molecular weight excluding hydrogens is 469 g/mol. The summed E-state index contributed by atoms with van der Waals surface area (Å²) in [5.74, 6) is -1.18. The van der Waals surface area contributed by atoms with Crippen molar-refractivity contribution in [1.29, 1.82) is 0 Å². The summed E-state index contributed by atoms with van der Waals surface area (Å²) in [5.41, 5.74) is 0.841. The maximum atomic E-state index is 11.9. The number of ether oxygens (including phenoxy) is 4. The Hall–Kier alpha value is -1.35. The monoisotopic (exact) mass is 489 g/mol. The van der Waals surface area contributed by atoms with Gasteiger partial charge in [0.25, 0.3) is 0 Å². The van der Waals surface area contributed by atoms with Gasteiger partial charge < -0.3 is 23.5 Å². The number of halogens is 3. The first-order valence-electron chi connectivity index (χ1n) is 9.97. The molecule has 0 saturated carbocycles. The smallest absolute Gasteiger partial charge is 0.305 e. The van der Waals surface area contributed by atoms with Crippen molar-refractivity contribution < 1.29 is 28.5 Å². The minimum absolute atomic E-state index is 0.0138. The largest absolute Gasteiger partial charge is 0.463 e. The van der Waals surface area contributed by atoms with Gasteiger partial charge in [0.05, 0.1) is 21.1 Å². The van der Waals surface area contributed by atoms with Crippen LogP contribution < -0.4 is 0 Å². The van der Waals surface area contributed by atoms with Gasteiger partial charge in [0.2, 0.25) is 0 Å². The molecule has 4 atom stereocenters. The molecule has 4 rings (SSSR count). The Morgan fingerprint density at radius 1 is 1.19 bits per heavy atom. The SMILES string of the molecule is CCCC(=O)OC[C@H]1O[C@@H](n2c(Cl)c(C=O)c3cc(Cl)c(Cl)cc32)[C@@H]2OC(C)(C)O[C@@H]21. The summed E-state index contributed by atoms with van der Waals surface area (Å²) in [6, 6.07) is 3.23. The first-order valence-corrected chi connectivity index (χ1v) is 11.1. The lowest BCUT2D eigenvalue weighted by atomic mass is 10.1. The van der Waals surface area contributed by atoms with Crippen LogP contribution in [0.5, 0.6) is 0 Å². The van der Waals surface area contributed by atoms with Crippen LogP contribution in [0.25, 0.3) is 10.9 Å². The van der Waals surface area contributed by atoms with Gasteiger partial charge in [0, 0.05) is 11.8 Å². The van der Waals surface area contributed by atoms with E-state index >= 15 is 0 Å². The number of fused-ring (bicyclic) bond motifs is 2. The lowest BCUT2D eigenvalue weighted by Crippen LogP contribution is -2.33. The molecule has 7 nitrogen and oxygen atoms in total. The summed E-state index contributed by atoms with van der Waals surface area (Å²) in [6.07, 6.45) is -0.677. The molecule has 0 spiro atoms. The molecule has 1 aromatic carbocycles. The molecule has 2 aromatic rings. The summed E-state index contributed by atoms with van der Waals surface area (Å²) >= 11 is 19.0. The second kappa shape index (κ2) is 8.54. The maximum Gasteiger partial charge on any atom is 0.305 e. The summed E-state index contributed by atoms with van der Waals surface area (Å²) in [6.45, 7) is 5.51. The number of hydrogen-bond donors (Lipinski definition) is 0. The Kier molecular flexibility index (Phi) is 6.29. The lowest BCUT2D eigenvalue weighted by molar-refractivity contribution is -0.202. The van der Waals surface area contributed by atoms with Crippen molar-refractivity contribution in [2.24, 2.45) is 0 Å². The molecule has 0 amide bonds. The minimum atomic E-state index is -0.868. The average molecular weight is 491 g/mol. The van der Waals surface area contributed by atoms with Crippen molar-refractivity contribution in [3.05, 3.63) is 32.9 Å². The van der Waals surface area contributed by atoms with Crippen LogP contribution in [0.2, 0.25) is 15.2 Å². The van der Waals surface area contributed by atoms with Gasteiger partial charge >= 0.3 is 5.97 Å². The van der Waals surface area contributed by atoms with Crippen molar-refractivity contribution >= 4 is 58.0 Å². The standard InChI is InChI=1S/C21H22Cl3NO6/c1-4-5-16(27)28-9-15-17-18(31-21(2,3)30-17)20(29-15)25-14-7-13(23)12(22)6-10(14)11(8-26)19(25)24/h6-8,15,17-18,20H,4-5,9H2,1-3H3/t15-,17-,18-,20-/m1/s1. The highest BCUT2D eigenvalue weighted by Crippen LogP contribution is 2.47. The number of carbonyl (C=O) groups is 2. The molecule has 1 aromatic heterocycles. The number of benzene rings is 1. The van der Waals surface area contributed by atoms with Crippen LogP contribution >= 0.6 is 34.8 Å². The van der Waals surface area contributed by atoms with E-state index in [4.69, 9.17) is 53.8 Å². The zero-order valence-corrected chi connectivity index (χ0v) is 19.5. The average Bonchev–Trinajstić information content (AvgIpc) is 3.27. The van der Waals surface area contributed by atoms with E-state index in [1.165, 1.54) is 0 Å². The summed E-state index contributed by atoms with van der Waals surface area (Å²) in [5, 5.41) is 1.33. The number of esters is 1. The van der Waals surface area contributed by atoms with Gasteiger partial charge in [-0.3, -0.25) is 9.59 Å². The second-order valence-corrected chi connectivity index (χ2v) is 9.21. The van der Waals surface area contributed by atoms with Gasteiger partial charge in [0.1, 0.15) is 30.1 Å². The Balaban J connectivity index is 1.74. The fourth-order valence-corrected chi connectivity index (χ4v) is 4.77. The van der Waals surface area contributed by atoms with E-state index in [9.17, 15) is 9.59 Å². The molecule has 168 valence electrons. The molecule has 2 aliphatic heterocycles. The molecule has 0 unspecified atom stereocenters. The first-order chi connectivity index (χ1) is 14.7. The zero-order valence-electron chi connectivity index (χ0n) is 17.2. The van der Waals surface area contributed by atoms with E-state index in [0.29, 0.717) is 40.1 Å². The van der Waals surface area contributed by atoms with Crippen LogP contribution in [-0.4, -0.2) is 47.5 Å². The minimum Gasteiger partial charge on any atom is -0.463 e. The molecule has 3 heterocycles. The fourth-order valence-electron chi connectivity index (χ4n) is 4.11. The summed E-state index contributed by atoms with van der Waals surface area (Å²) < 4.78 is 25.4. The van der Waals surface area contributed by atoms with Crippen molar-refractivity contribution in [3.8, 4) is 0 Å². The Morgan fingerprint density at radius 3 is 2.55 bits per heavy atom. The van der Waals surface area contributed by atoms with Crippen molar-refractivity contribution in [2.75, 3.05) is 6.61 Å². The Bertz CT molecular complexity index is 1040. The maximum absolute atomic E-state index is 11.9. The summed E-state index contributed by atoms with van der Waals surface area (Å²) in [7, 11) is 0. The van der Waals surface area contributed by atoms with Crippen molar-refractivity contribution in [3.63, 3.8) is 0 Å². The fraction of sp³-hybridized carbons (Fsp3) is 0.524. The third-order valence-corrected chi connectivity index (χ3v) is 6.49. The van der Waals surface area contributed by atoms with Gasteiger partial charge in [-0.25, -0.2) is 0 Å². The molecule has 31 heavy (non-hydrogen) atoms. The molecule has 0 bridgehead atoms. The van der Waals surface area contributed by atoms with Crippen LogP contribution in [0.1, 0.15) is 50.2 Å². The van der Waals surface area contributed by atoms with Crippen LogP contribution in [0.3, 0.4) is 0 Å². The second-order valence-electron chi connectivity index (χ2n) is 8.04. The highest BCUT2D eigenvalue weighted by atomic mass is 35.5. The van der Waals surface area contributed by atoms with Gasteiger partial charge in [-0.1, -0.05) is 41.7 Å². The normalized spacial score (nSPS) is 26.9. The quantitative estimate of drug-likeness (QED) is 0.410. The van der Waals surface area contributed by atoms with Gasteiger partial charge in [-0.05, 0) is 32.4 Å². The predicted octanol–water partition coefficient (Wildman–Crippen LogP) is 5.17. The van der Waals surface area contributed by atoms with Gasteiger partial charge in [0.15, 0.2) is 18.3 Å².